The summed E-state index contributed by atoms with van der Waals surface area (Å²) in [7, 11) is 0.633. The van der Waals surface area contributed by atoms with Crippen LogP contribution in [0.4, 0.5) is 5.69 Å². The van der Waals surface area contributed by atoms with Crippen LogP contribution >= 0.6 is 22.7 Å². The van der Waals surface area contributed by atoms with Crippen LogP contribution in [0, 0.1) is 0 Å². The van der Waals surface area contributed by atoms with Crippen LogP contribution in [-0.2, 0) is 22.3 Å². The first-order valence-corrected chi connectivity index (χ1v) is 12.6. The zero-order chi connectivity index (χ0) is 20.5. The summed E-state index contributed by atoms with van der Waals surface area (Å²) in [5.41, 5.74) is 2.88. The first-order valence-electron chi connectivity index (χ1n) is 9.75. The number of fused-ring (bicyclic) bond motifs is 1. The van der Waals surface area contributed by atoms with Crippen molar-refractivity contribution < 1.29 is 8.95 Å². The lowest BCUT2D eigenvalue weighted by molar-refractivity contribution is 0.0346. The second kappa shape index (κ2) is 8.60. The number of H-pyrrole nitrogens is 1. The van der Waals surface area contributed by atoms with Crippen LogP contribution in [-0.4, -0.2) is 52.4 Å². The molecule has 0 saturated carbocycles. The topological polar surface area (TPSA) is 61.5 Å². The lowest BCUT2D eigenvalue weighted by atomic mass is 10.2. The van der Waals surface area contributed by atoms with Crippen molar-refractivity contribution in [2.45, 2.75) is 10.8 Å². The van der Waals surface area contributed by atoms with Crippen LogP contribution in [0.25, 0.3) is 21.6 Å². The number of anilines is 1. The molecule has 1 aliphatic heterocycles. The predicted octanol–water partition coefficient (Wildman–Crippen LogP) is 4.34. The zero-order valence-corrected chi connectivity index (χ0v) is 19.0. The summed E-state index contributed by atoms with van der Waals surface area (Å²) in [5, 5.41) is 4.01. The van der Waals surface area contributed by atoms with Gasteiger partial charge < -0.3 is 9.72 Å². The van der Waals surface area contributed by atoms with E-state index < -0.39 is 11.0 Å². The maximum Gasteiger partial charge on any atom is 0.163 e. The molecule has 4 aromatic rings. The van der Waals surface area contributed by atoms with E-state index in [0.29, 0.717) is 0 Å². The molecular formula is C21H22N4O2S3. The fraction of sp³-hybridized carbons (Fsp3) is 0.286. The Labute approximate surface area is 185 Å². The van der Waals surface area contributed by atoms with E-state index in [4.69, 9.17) is 4.74 Å². The van der Waals surface area contributed by atoms with Gasteiger partial charge in [0.05, 0.1) is 30.1 Å². The minimum absolute atomic E-state index is 0.802. The fourth-order valence-corrected chi connectivity index (χ4v) is 6.59. The van der Waals surface area contributed by atoms with E-state index in [9.17, 15) is 4.21 Å². The zero-order valence-electron chi connectivity index (χ0n) is 16.5. The summed E-state index contributed by atoms with van der Waals surface area (Å²) in [4.78, 5) is 11.8. The van der Waals surface area contributed by atoms with E-state index in [-0.39, 0.29) is 0 Å². The number of nitrogens with zero attached hydrogens (tertiary/aromatic N) is 3. The third-order valence-corrected chi connectivity index (χ3v) is 8.72. The lowest BCUT2D eigenvalue weighted by Gasteiger charge is -2.25. The number of benzene rings is 1. The van der Waals surface area contributed by atoms with Crippen molar-refractivity contribution in [1.29, 1.82) is 0 Å². The van der Waals surface area contributed by atoms with Crippen LogP contribution in [0.2, 0.25) is 0 Å². The number of thiazole rings is 1. The molecule has 3 aromatic heterocycles. The van der Waals surface area contributed by atoms with Gasteiger partial charge in [0.15, 0.2) is 11.0 Å². The van der Waals surface area contributed by atoms with E-state index in [1.807, 2.05) is 47.2 Å². The van der Waals surface area contributed by atoms with Crippen molar-refractivity contribution in [3.05, 3.63) is 52.9 Å². The van der Waals surface area contributed by atoms with Gasteiger partial charge in [-0.1, -0.05) is 18.2 Å². The summed E-state index contributed by atoms with van der Waals surface area (Å²) < 4.78 is 21.0. The van der Waals surface area contributed by atoms with Gasteiger partial charge in [-0.2, -0.15) is 0 Å². The van der Waals surface area contributed by atoms with Crippen molar-refractivity contribution in [3.63, 3.8) is 0 Å². The maximum atomic E-state index is 12.9. The Kier molecular flexibility index (Phi) is 5.70. The molecule has 0 amide bonds. The summed E-state index contributed by atoms with van der Waals surface area (Å²) in [6.45, 7) is 4.45. The minimum atomic E-state index is -1.24. The quantitative estimate of drug-likeness (QED) is 0.467. The number of hydrogen-bond donors (Lipinski definition) is 1. The molecule has 1 unspecified atom stereocenters. The Bertz CT molecular complexity index is 1160. The Morgan fingerprint density at radius 2 is 2.13 bits per heavy atom. The molecule has 1 saturated heterocycles. The van der Waals surface area contributed by atoms with Gasteiger partial charge in [0.2, 0.25) is 0 Å². The Morgan fingerprint density at radius 3 is 2.93 bits per heavy atom. The highest BCUT2D eigenvalue weighted by Crippen LogP contribution is 2.34. The molecule has 0 bridgehead atoms. The summed E-state index contributed by atoms with van der Waals surface area (Å²) in [6, 6.07) is 12.0. The van der Waals surface area contributed by atoms with E-state index in [0.717, 1.165) is 64.3 Å². The first kappa shape index (κ1) is 19.9. The molecule has 9 heteroatoms. The van der Waals surface area contributed by atoms with Crippen LogP contribution in [0.15, 0.2) is 52.2 Å². The molecular weight excluding hydrogens is 436 g/mol. The number of nitrogens with one attached hydrogen (secondary N) is 1. The molecule has 5 rings (SSSR count). The highest BCUT2D eigenvalue weighted by Gasteiger charge is 2.18. The molecule has 0 spiro atoms. The summed E-state index contributed by atoms with van der Waals surface area (Å²) >= 11 is 3.22. The smallest absolute Gasteiger partial charge is 0.163 e. The molecule has 1 fully saturated rings. The van der Waals surface area contributed by atoms with Gasteiger partial charge in [0.25, 0.3) is 0 Å². The van der Waals surface area contributed by atoms with Gasteiger partial charge in [0, 0.05) is 43.1 Å². The standard InChI is InChI=1S/C21H22N4O2S3/c1-24(30(26)19-6-3-11-28-19)18-5-2-4-15-12-17(23-20(15)18)21-22-13-16(29-21)14-25-7-9-27-10-8-25/h2-6,11-13,23H,7-10,14H2,1H3. The summed E-state index contributed by atoms with van der Waals surface area (Å²) in [6.07, 6.45) is 1.97. The van der Waals surface area contributed by atoms with Crippen LogP contribution in [0.3, 0.4) is 0 Å². The van der Waals surface area contributed by atoms with Gasteiger partial charge in [-0.05, 0) is 23.6 Å². The largest absolute Gasteiger partial charge is 0.379 e. The Hall–Kier alpha value is -2.04. The normalized spacial score (nSPS) is 16.2. The number of aromatic nitrogens is 2. The highest BCUT2D eigenvalue weighted by atomic mass is 32.2. The van der Waals surface area contributed by atoms with Crippen molar-refractivity contribution >= 4 is 50.2 Å². The first-order chi connectivity index (χ1) is 14.7. The number of para-hydroxylation sites is 1. The van der Waals surface area contributed by atoms with Crippen molar-refractivity contribution in [2.75, 3.05) is 37.7 Å². The summed E-state index contributed by atoms with van der Waals surface area (Å²) in [5.74, 6) is 0. The van der Waals surface area contributed by atoms with Gasteiger partial charge in [-0.15, -0.1) is 22.7 Å². The SMILES string of the molecule is CN(c1cccc2cc(-c3ncc(CN4CCOCC4)s3)[nH]c12)S(=O)c1cccs1. The van der Waals surface area contributed by atoms with Crippen LogP contribution < -0.4 is 4.31 Å². The molecule has 1 atom stereocenters. The van der Waals surface area contributed by atoms with Gasteiger partial charge in [-0.3, -0.25) is 9.21 Å². The molecule has 1 N–H and O–H groups in total. The van der Waals surface area contributed by atoms with E-state index in [2.05, 4.69) is 27.0 Å². The Balaban J connectivity index is 1.42. The fourth-order valence-electron chi connectivity index (χ4n) is 3.59. The van der Waals surface area contributed by atoms with E-state index in [1.54, 1.807) is 11.3 Å². The third kappa shape index (κ3) is 3.95. The lowest BCUT2D eigenvalue weighted by Crippen LogP contribution is -2.35. The van der Waals surface area contributed by atoms with Crippen molar-refractivity contribution in [2.24, 2.45) is 0 Å². The third-order valence-electron chi connectivity index (χ3n) is 5.16. The molecule has 156 valence electrons. The average Bonchev–Trinajstić information content (AvgIpc) is 3.53. The minimum Gasteiger partial charge on any atom is -0.379 e. The number of morpholine rings is 1. The van der Waals surface area contributed by atoms with Crippen LogP contribution in [0.1, 0.15) is 4.88 Å². The van der Waals surface area contributed by atoms with Crippen LogP contribution in [0.5, 0.6) is 0 Å². The second-order valence-electron chi connectivity index (χ2n) is 7.12. The number of ether oxygens (including phenoxy) is 1. The molecule has 0 radical (unpaired) electrons. The number of thiophene rings is 1. The number of rotatable bonds is 6. The predicted molar refractivity (Wildman–Crippen MR) is 125 cm³/mol. The van der Waals surface area contributed by atoms with Gasteiger partial charge in [0.1, 0.15) is 9.22 Å². The second-order valence-corrected chi connectivity index (χ2v) is 10.9. The number of hydrogen-bond acceptors (Lipinski definition) is 6. The molecule has 30 heavy (non-hydrogen) atoms. The number of aromatic amines is 1. The molecule has 1 aliphatic rings. The monoisotopic (exact) mass is 458 g/mol. The molecule has 0 aliphatic carbocycles. The van der Waals surface area contributed by atoms with E-state index in [1.165, 1.54) is 16.2 Å². The van der Waals surface area contributed by atoms with Crippen molar-refractivity contribution in [3.8, 4) is 10.7 Å². The average molecular weight is 459 g/mol. The van der Waals surface area contributed by atoms with E-state index >= 15 is 0 Å². The molecule has 1 aromatic carbocycles. The Morgan fingerprint density at radius 1 is 1.27 bits per heavy atom. The van der Waals surface area contributed by atoms with Gasteiger partial charge in [-0.25, -0.2) is 9.19 Å². The molecule has 4 heterocycles. The van der Waals surface area contributed by atoms with Crippen molar-refractivity contribution in [1.82, 2.24) is 14.9 Å². The van der Waals surface area contributed by atoms with Gasteiger partial charge >= 0.3 is 0 Å². The highest BCUT2D eigenvalue weighted by molar-refractivity contribution is 7.88. The molecule has 6 nitrogen and oxygen atoms in total. The maximum absolute atomic E-state index is 12.9.